The number of hydrogen-bond acceptors (Lipinski definition) is 1. The van der Waals surface area contributed by atoms with Crippen LogP contribution in [0.5, 0.6) is 0 Å². The number of benzene rings is 1. The first-order valence-electron chi connectivity index (χ1n) is 5.64. The summed E-state index contributed by atoms with van der Waals surface area (Å²) >= 11 is 0. The summed E-state index contributed by atoms with van der Waals surface area (Å²) in [6.45, 7) is 0. The normalized spacial score (nSPS) is 17.6. The van der Waals surface area contributed by atoms with Crippen molar-refractivity contribution >= 4 is 12.4 Å². The Morgan fingerprint density at radius 2 is 1.55 bits per heavy atom. The molecule has 1 nitrogen and oxygen atoms in total. The Labute approximate surface area is 117 Å². The first-order valence-corrected chi connectivity index (χ1v) is 5.64. The fourth-order valence-corrected chi connectivity index (χ4v) is 1.98. The lowest BCUT2D eigenvalue weighted by atomic mass is 9.95. The summed E-state index contributed by atoms with van der Waals surface area (Å²) in [6, 6.07) is 0.762. The van der Waals surface area contributed by atoms with E-state index in [1.54, 1.807) is 0 Å². The van der Waals surface area contributed by atoms with E-state index in [9.17, 15) is 26.3 Å². The summed E-state index contributed by atoms with van der Waals surface area (Å²) in [4.78, 5) is 0. The molecule has 1 aliphatic rings. The molecule has 20 heavy (non-hydrogen) atoms. The van der Waals surface area contributed by atoms with Gasteiger partial charge in [-0.25, -0.2) is 0 Å². The molecule has 0 amide bonds. The van der Waals surface area contributed by atoms with Crippen LogP contribution in [0.15, 0.2) is 18.2 Å². The molecule has 1 aliphatic carbocycles. The molecule has 1 fully saturated rings. The van der Waals surface area contributed by atoms with E-state index in [2.05, 4.69) is 0 Å². The van der Waals surface area contributed by atoms with Crippen molar-refractivity contribution in [3.63, 3.8) is 0 Å². The lowest BCUT2D eigenvalue weighted by Gasteiger charge is -2.19. The van der Waals surface area contributed by atoms with Crippen LogP contribution >= 0.6 is 12.4 Å². The first kappa shape index (κ1) is 17.1. The fourth-order valence-electron chi connectivity index (χ4n) is 1.98. The molecular weight excluding hydrogens is 308 g/mol. The van der Waals surface area contributed by atoms with Gasteiger partial charge in [0.25, 0.3) is 0 Å². The van der Waals surface area contributed by atoms with Gasteiger partial charge in [-0.2, -0.15) is 26.3 Å². The zero-order valence-corrected chi connectivity index (χ0v) is 10.9. The maximum Gasteiger partial charge on any atom is 0.416 e. The largest absolute Gasteiger partial charge is 0.416 e. The summed E-state index contributed by atoms with van der Waals surface area (Å²) in [5.74, 6) is -0.0714. The molecule has 1 atom stereocenters. The summed E-state index contributed by atoms with van der Waals surface area (Å²) in [5, 5.41) is 0. The monoisotopic (exact) mass is 319 g/mol. The third-order valence-corrected chi connectivity index (χ3v) is 3.18. The van der Waals surface area contributed by atoms with E-state index in [-0.39, 0.29) is 30.0 Å². The lowest BCUT2D eigenvalue weighted by Crippen LogP contribution is -2.20. The Bertz CT molecular complexity index is 478. The van der Waals surface area contributed by atoms with E-state index < -0.39 is 29.5 Å². The molecule has 2 N–H and O–H groups in total. The van der Waals surface area contributed by atoms with Gasteiger partial charge in [-0.05, 0) is 36.5 Å². The molecule has 0 aromatic heterocycles. The van der Waals surface area contributed by atoms with Crippen molar-refractivity contribution in [3.05, 3.63) is 34.9 Å². The summed E-state index contributed by atoms with van der Waals surface area (Å²) in [5.41, 5.74) is 2.81. The summed E-state index contributed by atoms with van der Waals surface area (Å²) < 4.78 is 75.9. The number of alkyl halides is 6. The van der Waals surface area contributed by atoms with E-state index in [1.165, 1.54) is 0 Å². The molecule has 0 heterocycles. The van der Waals surface area contributed by atoms with Crippen LogP contribution in [0.25, 0.3) is 0 Å². The Kier molecular flexibility index (Phi) is 4.65. The Morgan fingerprint density at radius 1 is 1.00 bits per heavy atom. The molecule has 1 saturated carbocycles. The van der Waals surface area contributed by atoms with Gasteiger partial charge >= 0.3 is 12.4 Å². The Balaban J connectivity index is 0.00000200. The Morgan fingerprint density at radius 3 is 1.95 bits per heavy atom. The van der Waals surface area contributed by atoms with Gasteiger partial charge in [0.1, 0.15) is 0 Å². The van der Waals surface area contributed by atoms with Gasteiger partial charge in [-0.3, -0.25) is 0 Å². The van der Waals surface area contributed by atoms with Crippen LogP contribution in [0.3, 0.4) is 0 Å². The lowest BCUT2D eigenvalue weighted by molar-refractivity contribution is -0.143. The molecule has 0 spiro atoms. The highest BCUT2D eigenvalue weighted by atomic mass is 35.5. The van der Waals surface area contributed by atoms with Crippen LogP contribution in [0, 0.1) is 5.92 Å². The van der Waals surface area contributed by atoms with Gasteiger partial charge in [-0.15, -0.1) is 12.4 Å². The molecule has 0 unspecified atom stereocenters. The van der Waals surface area contributed by atoms with Crippen molar-refractivity contribution < 1.29 is 26.3 Å². The van der Waals surface area contributed by atoms with E-state index in [1.807, 2.05) is 0 Å². The van der Waals surface area contributed by atoms with Crippen molar-refractivity contribution in [2.24, 2.45) is 11.7 Å². The highest BCUT2D eigenvalue weighted by Crippen LogP contribution is 2.45. The number of rotatable bonds is 2. The van der Waals surface area contributed by atoms with Crippen LogP contribution in [0.2, 0.25) is 0 Å². The Hall–Kier alpha value is -0.950. The van der Waals surface area contributed by atoms with Gasteiger partial charge in [0.05, 0.1) is 11.1 Å². The van der Waals surface area contributed by atoms with Gasteiger partial charge in [0.15, 0.2) is 0 Å². The molecule has 0 radical (unpaired) electrons. The molecular formula is C12H12ClF6N. The van der Waals surface area contributed by atoms with Crippen LogP contribution < -0.4 is 5.73 Å². The van der Waals surface area contributed by atoms with Crippen LogP contribution in [-0.4, -0.2) is 0 Å². The second-order valence-corrected chi connectivity index (χ2v) is 4.66. The molecule has 0 saturated heterocycles. The van der Waals surface area contributed by atoms with Crippen molar-refractivity contribution in [2.75, 3.05) is 0 Å². The number of nitrogens with two attached hydrogens (primary N) is 1. The average Bonchev–Trinajstić information content (AvgIpc) is 3.08. The molecule has 0 bridgehead atoms. The third-order valence-electron chi connectivity index (χ3n) is 3.18. The standard InChI is InChI=1S/C12H11F6N.ClH/c13-11(14,15)7-3-4-8(10(19)6-1-2-6)9(5-7)12(16,17)18;/h3-6,10H,1-2,19H2;1H/t10-;/m1./s1. The molecule has 0 aliphatic heterocycles. The van der Waals surface area contributed by atoms with Crippen molar-refractivity contribution in [3.8, 4) is 0 Å². The topological polar surface area (TPSA) is 26.0 Å². The van der Waals surface area contributed by atoms with Gasteiger partial charge < -0.3 is 5.73 Å². The highest BCUT2D eigenvalue weighted by molar-refractivity contribution is 5.85. The first-order chi connectivity index (χ1) is 8.60. The second-order valence-electron chi connectivity index (χ2n) is 4.66. The van der Waals surface area contributed by atoms with E-state index in [0.29, 0.717) is 18.9 Å². The zero-order chi connectivity index (χ0) is 14.4. The maximum atomic E-state index is 12.8. The second kappa shape index (κ2) is 5.44. The quantitative estimate of drug-likeness (QED) is 0.795. The third kappa shape index (κ3) is 3.58. The van der Waals surface area contributed by atoms with E-state index in [4.69, 9.17) is 5.73 Å². The number of hydrogen-bond donors (Lipinski definition) is 1. The van der Waals surface area contributed by atoms with Crippen LogP contribution in [-0.2, 0) is 12.4 Å². The molecule has 1 aromatic rings. The summed E-state index contributed by atoms with van der Waals surface area (Å²) in [7, 11) is 0. The minimum atomic E-state index is -4.84. The molecule has 2 rings (SSSR count). The van der Waals surface area contributed by atoms with Crippen LogP contribution in [0.1, 0.15) is 35.6 Å². The summed E-state index contributed by atoms with van der Waals surface area (Å²) in [6.07, 6.45) is -8.23. The smallest absolute Gasteiger partial charge is 0.324 e. The minimum Gasteiger partial charge on any atom is -0.324 e. The highest BCUT2D eigenvalue weighted by Gasteiger charge is 2.41. The minimum absolute atomic E-state index is 0. The molecule has 1 aromatic carbocycles. The fraction of sp³-hybridized carbons (Fsp3) is 0.500. The van der Waals surface area contributed by atoms with Crippen molar-refractivity contribution in [1.29, 1.82) is 0 Å². The SMILES string of the molecule is Cl.N[C@@H](c1ccc(C(F)(F)F)cc1C(F)(F)F)C1CC1. The number of halogens is 7. The van der Waals surface area contributed by atoms with Gasteiger partial charge in [0.2, 0.25) is 0 Å². The van der Waals surface area contributed by atoms with Crippen molar-refractivity contribution in [2.45, 2.75) is 31.2 Å². The van der Waals surface area contributed by atoms with E-state index in [0.717, 1.165) is 6.07 Å². The van der Waals surface area contributed by atoms with Gasteiger partial charge in [-0.1, -0.05) is 6.07 Å². The molecule has 8 heteroatoms. The average molecular weight is 320 g/mol. The van der Waals surface area contributed by atoms with Crippen LogP contribution in [0.4, 0.5) is 26.3 Å². The maximum absolute atomic E-state index is 12.8. The van der Waals surface area contributed by atoms with E-state index >= 15 is 0 Å². The van der Waals surface area contributed by atoms with Gasteiger partial charge in [0, 0.05) is 6.04 Å². The predicted octanol–water partition coefficient (Wildman–Crippen LogP) is 4.56. The predicted molar refractivity (Wildman–Crippen MR) is 63.3 cm³/mol. The zero-order valence-electron chi connectivity index (χ0n) is 10.1. The molecule has 114 valence electrons. The van der Waals surface area contributed by atoms with Crippen molar-refractivity contribution in [1.82, 2.24) is 0 Å².